The summed E-state index contributed by atoms with van der Waals surface area (Å²) in [6.07, 6.45) is 4.89. The first-order chi connectivity index (χ1) is 10.8. The lowest BCUT2D eigenvalue weighted by molar-refractivity contribution is -0.121. The van der Waals surface area contributed by atoms with Crippen molar-refractivity contribution in [2.75, 3.05) is 6.61 Å². The van der Waals surface area contributed by atoms with E-state index in [-0.39, 0.29) is 5.91 Å². The number of aryl methyl sites for hydroxylation is 2. The maximum atomic E-state index is 11.8. The summed E-state index contributed by atoms with van der Waals surface area (Å²) in [5.41, 5.74) is 2.41. The minimum absolute atomic E-state index is 0.0229. The molecule has 3 rings (SSSR count). The average molecular weight is 299 g/mol. The molecular formula is C17H21N3O2. The number of ether oxygens (including phenoxy) is 1. The number of carbonyl (C=O) groups is 1. The van der Waals surface area contributed by atoms with Crippen LogP contribution in [0.15, 0.2) is 30.3 Å². The third kappa shape index (κ3) is 3.87. The molecule has 5 heteroatoms. The van der Waals surface area contributed by atoms with E-state index in [1.807, 2.05) is 30.3 Å². The minimum Gasteiger partial charge on any atom is -0.493 e. The van der Waals surface area contributed by atoms with Crippen LogP contribution in [0.25, 0.3) is 0 Å². The average Bonchev–Trinajstić information content (AvgIpc) is 2.97. The van der Waals surface area contributed by atoms with E-state index in [9.17, 15) is 4.79 Å². The number of hydrogen-bond acceptors (Lipinski definition) is 3. The maximum absolute atomic E-state index is 11.8. The predicted octanol–water partition coefficient (Wildman–Crippen LogP) is 2.37. The minimum atomic E-state index is -0.0229. The van der Waals surface area contributed by atoms with Gasteiger partial charge in [-0.1, -0.05) is 18.2 Å². The lowest BCUT2D eigenvalue weighted by atomic mass is 10.0. The Balaban J connectivity index is 1.40. The summed E-state index contributed by atoms with van der Waals surface area (Å²) in [7, 11) is 0. The van der Waals surface area contributed by atoms with Crippen LogP contribution in [0.2, 0.25) is 0 Å². The number of benzene rings is 1. The number of nitrogens with zero attached hydrogens (tertiary/aromatic N) is 1. The Kier molecular flexibility index (Phi) is 4.73. The molecule has 1 aromatic heterocycles. The molecule has 0 aliphatic heterocycles. The van der Waals surface area contributed by atoms with Gasteiger partial charge in [0, 0.05) is 5.69 Å². The molecule has 0 bridgehead atoms. The van der Waals surface area contributed by atoms with Gasteiger partial charge in [0.05, 0.1) is 25.3 Å². The molecule has 116 valence electrons. The second kappa shape index (κ2) is 7.11. The molecule has 1 heterocycles. The Morgan fingerprint density at radius 3 is 2.86 bits per heavy atom. The second-order valence-electron chi connectivity index (χ2n) is 5.50. The molecule has 5 nitrogen and oxygen atoms in total. The fourth-order valence-electron chi connectivity index (χ4n) is 2.65. The van der Waals surface area contributed by atoms with Crippen LogP contribution in [0.5, 0.6) is 5.75 Å². The van der Waals surface area contributed by atoms with Gasteiger partial charge in [0.2, 0.25) is 5.91 Å². The number of hydrogen-bond donors (Lipinski definition) is 2. The van der Waals surface area contributed by atoms with Gasteiger partial charge in [0.1, 0.15) is 11.6 Å². The van der Waals surface area contributed by atoms with Gasteiger partial charge < -0.3 is 15.0 Å². The molecule has 22 heavy (non-hydrogen) atoms. The van der Waals surface area contributed by atoms with Crippen LogP contribution in [-0.2, 0) is 24.2 Å². The van der Waals surface area contributed by atoms with E-state index in [4.69, 9.17) is 4.74 Å². The van der Waals surface area contributed by atoms with Gasteiger partial charge in [-0.15, -0.1) is 0 Å². The highest BCUT2D eigenvalue weighted by Crippen LogP contribution is 2.18. The summed E-state index contributed by atoms with van der Waals surface area (Å²) in [5.74, 6) is 1.61. The Labute approximate surface area is 130 Å². The summed E-state index contributed by atoms with van der Waals surface area (Å²) >= 11 is 0. The first kappa shape index (κ1) is 14.6. The second-order valence-corrected chi connectivity index (χ2v) is 5.50. The molecule has 1 aromatic carbocycles. The fourth-order valence-corrected chi connectivity index (χ4v) is 2.65. The zero-order chi connectivity index (χ0) is 15.2. The van der Waals surface area contributed by atoms with Crippen LogP contribution in [0.3, 0.4) is 0 Å². The topological polar surface area (TPSA) is 67.0 Å². The molecule has 2 N–H and O–H groups in total. The number of carbonyl (C=O) groups excluding carboxylic acids is 1. The van der Waals surface area contributed by atoms with Crippen molar-refractivity contribution in [2.24, 2.45) is 0 Å². The van der Waals surface area contributed by atoms with Crippen molar-refractivity contribution < 1.29 is 9.53 Å². The van der Waals surface area contributed by atoms with Gasteiger partial charge in [-0.2, -0.15) is 0 Å². The zero-order valence-electron chi connectivity index (χ0n) is 12.6. The normalized spacial score (nSPS) is 13.5. The van der Waals surface area contributed by atoms with Crippen LogP contribution in [0.1, 0.15) is 36.5 Å². The van der Waals surface area contributed by atoms with E-state index in [0.717, 1.165) is 24.4 Å². The van der Waals surface area contributed by atoms with E-state index in [0.29, 0.717) is 19.6 Å². The largest absolute Gasteiger partial charge is 0.493 e. The zero-order valence-corrected chi connectivity index (χ0v) is 12.6. The summed E-state index contributed by atoms with van der Waals surface area (Å²) in [5, 5.41) is 2.88. The van der Waals surface area contributed by atoms with Crippen LogP contribution >= 0.6 is 0 Å². The van der Waals surface area contributed by atoms with Crippen molar-refractivity contribution in [2.45, 2.75) is 38.6 Å². The van der Waals surface area contributed by atoms with Gasteiger partial charge >= 0.3 is 0 Å². The summed E-state index contributed by atoms with van der Waals surface area (Å²) < 4.78 is 5.51. The highest BCUT2D eigenvalue weighted by atomic mass is 16.5. The van der Waals surface area contributed by atoms with Crippen molar-refractivity contribution in [1.29, 1.82) is 0 Å². The quantitative estimate of drug-likeness (QED) is 0.860. The molecule has 0 saturated heterocycles. The van der Waals surface area contributed by atoms with E-state index in [2.05, 4.69) is 15.3 Å². The smallest absolute Gasteiger partial charge is 0.223 e. The molecule has 0 fully saturated rings. The number of aromatic amines is 1. The van der Waals surface area contributed by atoms with Gasteiger partial charge in [-0.25, -0.2) is 4.98 Å². The lowest BCUT2D eigenvalue weighted by Gasteiger charge is -2.07. The number of nitrogens with one attached hydrogen (secondary N) is 2. The van der Waals surface area contributed by atoms with Crippen molar-refractivity contribution in [1.82, 2.24) is 15.3 Å². The van der Waals surface area contributed by atoms with Crippen LogP contribution < -0.4 is 10.1 Å². The molecule has 1 amide bonds. The highest BCUT2D eigenvalue weighted by Gasteiger charge is 2.14. The van der Waals surface area contributed by atoms with Crippen molar-refractivity contribution >= 4 is 5.91 Å². The molecule has 1 aliphatic carbocycles. The van der Waals surface area contributed by atoms with Crippen LogP contribution in [0, 0.1) is 0 Å². The SMILES string of the molecule is O=C(CCOc1ccccc1)NCc1nc2c([nH]1)CCCC2. The predicted molar refractivity (Wildman–Crippen MR) is 83.6 cm³/mol. The first-order valence-corrected chi connectivity index (χ1v) is 7.82. The van der Waals surface area contributed by atoms with E-state index >= 15 is 0 Å². The molecule has 1 aliphatic rings. The number of aromatic nitrogens is 2. The molecule has 0 atom stereocenters. The number of H-pyrrole nitrogens is 1. The standard InChI is InChI=1S/C17H21N3O2/c21-17(10-11-22-13-6-2-1-3-7-13)18-12-16-19-14-8-4-5-9-15(14)20-16/h1-3,6-7H,4-5,8-12H2,(H,18,21)(H,19,20). The highest BCUT2D eigenvalue weighted by molar-refractivity contribution is 5.75. The third-order valence-corrected chi connectivity index (χ3v) is 3.80. The van der Waals surface area contributed by atoms with Crippen LogP contribution in [0.4, 0.5) is 0 Å². The number of amides is 1. The number of fused-ring (bicyclic) bond motifs is 1. The molecule has 2 aromatic rings. The number of imidazole rings is 1. The Hall–Kier alpha value is -2.30. The summed E-state index contributed by atoms with van der Waals surface area (Å²) in [6.45, 7) is 0.835. The maximum Gasteiger partial charge on any atom is 0.223 e. The molecular weight excluding hydrogens is 278 g/mol. The lowest BCUT2D eigenvalue weighted by Crippen LogP contribution is -2.25. The van der Waals surface area contributed by atoms with E-state index in [1.54, 1.807) is 0 Å². The van der Waals surface area contributed by atoms with Crippen molar-refractivity contribution in [3.63, 3.8) is 0 Å². The fraction of sp³-hybridized carbons (Fsp3) is 0.412. The van der Waals surface area contributed by atoms with Crippen LogP contribution in [-0.4, -0.2) is 22.5 Å². The molecule has 0 radical (unpaired) electrons. The van der Waals surface area contributed by atoms with E-state index in [1.165, 1.54) is 24.2 Å². The number of rotatable bonds is 6. The Bertz CT molecular complexity index is 599. The van der Waals surface area contributed by atoms with Gasteiger partial charge in [-0.3, -0.25) is 4.79 Å². The molecule has 0 unspecified atom stereocenters. The monoisotopic (exact) mass is 299 g/mol. The van der Waals surface area contributed by atoms with Gasteiger partial charge in [0.15, 0.2) is 0 Å². The van der Waals surface area contributed by atoms with E-state index < -0.39 is 0 Å². The van der Waals surface area contributed by atoms with Gasteiger partial charge in [0.25, 0.3) is 0 Å². The third-order valence-electron chi connectivity index (χ3n) is 3.80. The molecule has 0 spiro atoms. The number of para-hydroxylation sites is 1. The summed E-state index contributed by atoms with van der Waals surface area (Å²) in [4.78, 5) is 19.7. The Morgan fingerprint density at radius 2 is 2.05 bits per heavy atom. The molecule has 0 saturated carbocycles. The van der Waals surface area contributed by atoms with Crippen molar-refractivity contribution in [3.05, 3.63) is 47.5 Å². The van der Waals surface area contributed by atoms with Gasteiger partial charge in [-0.05, 0) is 37.8 Å². The van der Waals surface area contributed by atoms with Crippen molar-refractivity contribution in [3.8, 4) is 5.75 Å². The Morgan fingerprint density at radius 1 is 1.23 bits per heavy atom. The summed E-state index contributed by atoms with van der Waals surface area (Å²) in [6, 6.07) is 9.52. The first-order valence-electron chi connectivity index (χ1n) is 7.82.